The molecule has 5 heteroatoms. The molecule has 1 aromatic carbocycles. The zero-order valence-corrected chi connectivity index (χ0v) is 16.6. The first-order chi connectivity index (χ1) is 13.5. The summed E-state index contributed by atoms with van der Waals surface area (Å²) in [6.45, 7) is 7.94. The van der Waals surface area contributed by atoms with Gasteiger partial charge in [0, 0.05) is 11.8 Å². The summed E-state index contributed by atoms with van der Waals surface area (Å²) in [4.78, 5) is 4.28. The molecule has 3 heterocycles. The lowest BCUT2D eigenvalue weighted by molar-refractivity contribution is 0.980. The van der Waals surface area contributed by atoms with Gasteiger partial charge in [-0.15, -0.1) is 5.10 Å². The fourth-order valence-corrected chi connectivity index (χ4v) is 2.43. The molecule has 0 radical (unpaired) electrons. The Morgan fingerprint density at radius 1 is 0.464 bits per heavy atom. The van der Waals surface area contributed by atoms with E-state index in [-0.39, 0.29) is 0 Å². The van der Waals surface area contributed by atoms with Crippen molar-refractivity contribution in [1.29, 1.82) is 0 Å². The lowest BCUT2D eigenvalue weighted by atomic mass is 10.1. The Kier molecular flexibility index (Phi) is 6.17. The Bertz CT molecular complexity index is 833. The van der Waals surface area contributed by atoms with Crippen LogP contribution in [0.25, 0.3) is 22.6 Å². The Balaban J connectivity index is 0.000000161. The lowest BCUT2D eigenvalue weighted by Gasteiger charge is -2.00. The van der Waals surface area contributed by atoms with Crippen molar-refractivity contribution < 1.29 is 0 Å². The lowest BCUT2D eigenvalue weighted by Crippen LogP contribution is -1.91. The molecule has 140 valence electrons. The molecule has 28 heavy (non-hydrogen) atoms. The fourth-order valence-electron chi connectivity index (χ4n) is 2.43. The summed E-state index contributed by atoms with van der Waals surface area (Å²) >= 11 is 0. The van der Waals surface area contributed by atoms with E-state index < -0.39 is 0 Å². The highest BCUT2D eigenvalue weighted by atomic mass is 15.1. The van der Waals surface area contributed by atoms with Crippen LogP contribution >= 0.6 is 0 Å². The molecule has 0 atom stereocenters. The summed E-state index contributed by atoms with van der Waals surface area (Å²) in [7, 11) is 0. The first kappa shape index (κ1) is 19.3. The van der Waals surface area contributed by atoms with Gasteiger partial charge in [-0.25, -0.2) is 0 Å². The van der Waals surface area contributed by atoms with E-state index in [1.807, 2.05) is 63.4 Å². The van der Waals surface area contributed by atoms with Crippen molar-refractivity contribution in [3.05, 3.63) is 89.4 Å². The van der Waals surface area contributed by atoms with Crippen molar-refractivity contribution in [3.8, 4) is 22.6 Å². The molecule has 0 spiro atoms. The van der Waals surface area contributed by atoms with Crippen LogP contribution in [0.2, 0.25) is 0 Å². The highest BCUT2D eigenvalue weighted by Crippen LogP contribution is 2.16. The smallest absolute Gasteiger partial charge is 0.111 e. The van der Waals surface area contributed by atoms with Gasteiger partial charge in [-0.05, 0) is 63.6 Å². The molecule has 4 aromatic rings. The summed E-state index contributed by atoms with van der Waals surface area (Å²) in [5.41, 5.74) is 7.99. The third-order valence-corrected chi connectivity index (χ3v) is 4.12. The molecule has 4 rings (SSSR count). The van der Waals surface area contributed by atoms with Crippen LogP contribution in [0.15, 0.2) is 66.9 Å². The maximum atomic E-state index is 4.28. The number of aromatic nitrogens is 5. The third-order valence-electron chi connectivity index (χ3n) is 4.12. The van der Waals surface area contributed by atoms with Crippen LogP contribution in [0, 0.1) is 27.7 Å². The van der Waals surface area contributed by atoms with Crippen LogP contribution in [0.1, 0.15) is 22.5 Å². The second-order valence-electron chi connectivity index (χ2n) is 6.71. The molecule has 0 amide bonds. The highest BCUT2D eigenvalue weighted by Gasteiger charge is 2.00. The van der Waals surface area contributed by atoms with Crippen molar-refractivity contribution in [2.45, 2.75) is 27.7 Å². The van der Waals surface area contributed by atoms with Gasteiger partial charge >= 0.3 is 0 Å². The third kappa shape index (κ3) is 5.27. The summed E-state index contributed by atoms with van der Waals surface area (Å²) in [5, 5.41) is 16.2. The number of aryl methyl sites for hydroxylation is 4. The van der Waals surface area contributed by atoms with E-state index in [1.165, 1.54) is 5.56 Å². The number of benzene rings is 1. The van der Waals surface area contributed by atoms with Crippen LogP contribution in [-0.4, -0.2) is 25.4 Å². The van der Waals surface area contributed by atoms with Crippen LogP contribution in [-0.2, 0) is 0 Å². The monoisotopic (exact) mass is 369 g/mol. The Labute approximate surface area is 165 Å². The fraction of sp³-hybridized carbons (Fsp3) is 0.174. The topological polar surface area (TPSA) is 64.5 Å². The summed E-state index contributed by atoms with van der Waals surface area (Å²) in [6.07, 6.45) is 1.83. The van der Waals surface area contributed by atoms with E-state index >= 15 is 0 Å². The average Bonchev–Trinajstić information content (AvgIpc) is 2.71. The maximum Gasteiger partial charge on any atom is 0.111 e. The molecule has 0 aliphatic carbocycles. The predicted octanol–water partition coefficient (Wildman–Crippen LogP) is 4.92. The highest BCUT2D eigenvalue weighted by molar-refractivity contribution is 5.58. The minimum atomic E-state index is 0.815. The summed E-state index contributed by atoms with van der Waals surface area (Å²) in [6, 6.07) is 20.1. The van der Waals surface area contributed by atoms with E-state index in [0.717, 1.165) is 39.6 Å². The van der Waals surface area contributed by atoms with E-state index in [2.05, 4.69) is 56.6 Å². The van der Waals surface area contributed by atoms with Crippen molar-refractivity contribution in [3.63, 3.8) is 0 Å². The second kappa shape index (κ2) is 8.95. The molecule has 0 bridgehead atoms. The Hall–Kier alpha value is -3.47. The van der Waals surface area contributed by atoms with Crippen LogP contribution in [0.3, 0.4) is 0 Å². The van der Waals surface area contributed by atoms with Gasteiger partial charge in [-0.2, -0.15) is 15.3 Å². The van der Waals surface area contributed by atoms with Gasteiger partial charge in [0.25, 0.3) is 0 Å². The Morgan fingerprint density at radius 2 is 1.00 bits per heavy atom. The average molecular weight is 369 g/mol. The largest absolute Gasteiger partial charge is 0.254 e. The van der Waals surface area contributed by atoms with E-state index in [1.54, 1.807) is 0 Å². The molecule has 5 nitrogen and oxygen atoms in total. The van der Waals surface area contributed by atoms with Crippen molar-refractivity contribution in [1.82, 2.24) is 25.4 Å². The molecule has 0 aliphatic heterocycles. The van der Waals surface area contributed by atoms with Gasteiger partial charge in [0.15, 0.2) is 0 Å². The van der Waals surface area contributed by atoms with Gasteiger partial charge in [0.05, 0.1) is 22.8 Å². The number of hydrogen-bond acceptors (Lipinski definition) is 5. The molecular formula is C23H23N5. The first-order valence-corrected chi connectivity index (χ1v) is 9.12. The number of pyridine rings is 1. The van der Waals surface area contributed by atoms with Gasteiger partial charge in [-0.3, -0.25) is 4.98 Å². The minimum Gasteiger partial charge on any atom is -0.254 e. The van der Waals surface area contributed by atoms with Gasteiger partial charge < -0.3 is 0 Å². The first-order valence-electron chi connectivity index (χ1n) is 9.12. The molecule has 0 saturated heterocycles. The summed E-state index contributed by atoms with van der Waals surface area (Å²) < 4.78 is 0. The van der Waals surface area contributed by atoms with Crippen LogP contribution < -0.4 is 0 Å². The quantitative estimate of drug-likeness (QED) is 0.502. The van der Waals surface area contributed by atoms with E-state index in [0.29, 0.717) is 0 Å². The zero-order valence-electron chi connectivity index (χ0n) is 16.6. The van der Waals surface area contributed by atoms with Crippen molar-refractivity contribution >= 4 is 0 Å². The van der Waals surface area contributed by atoms with Gasteiger partial charge in [0.2, 0.25) is 0 Å². The van der Waals surface area contributed by atoms with Gasteiger partial charge in [-0.1, -0.05) is 35.9 Å². The SMILES string of the molecule is Cc1ccc(-c2ccc(C)nn2)cc1.Cc1ccc(-c2ccc(C)nn2)nc1. The molecule has 0 fully saturated rings. The van der Waals surface area contributed by atoms with E-state index in [4.69, 9.17) is 0 Å². The molecule has 0 aliphatic rings. The standard InChI is InChI=1S/C12H12N2.C11H11N3/c1-9-3-6-11(7-4-9)12-8-5-10(2)13-14-12;1-8-3-5-10(12-7-8)11-6-4-9(2)13-14-11/h3-8H,1-2H3;3-7H,1-2H3. The minimum absolute atomic E-state index is 0.815. The van der Waals surface area contributed by atoms with Crippen LogP contribution in [0.5, 0.6) is 0 Å². The predicted molar refractivity (Wildman–Crippen MR) is 112 cm³/mol. The number of nitrogens with zero attached hydrogens (tertiary/aromatic N) is 5. The molecule has 3 aromatic heterocycles. The summed E-state index contributed by atoms with van der Waals surface area (Å²) in [5.74, 6) is 0. The van der Waals surface area contributed by atoms with Gasteiger partial charge in [0.1, 0.15) is 5.69 Å². The Morgan fingerprint density at radius 3 is 1.50 bits per heavy atom. The maximum absolute atomic E-state index is 4.28. The normalized spacial score (nSPS) is 10.1. The molecule has 0 N–H and O–H groups in total. The number of rotatable bonds is 2. The van der Waals surface area contributed by atoms with Crippen molar-refractivity contribution in [2.75, 3.05) is 0 Å². The molecular weight excluding hydrogens is 346 g/mol. The second-order valence-corrected chi connectivity index (χ2v) is 6.71. The van der Waals surface area contributed by atoms with Crippen molar-refractivity contribution in [2.24, 2.45) is 0 Å². The number of hydrogen-bond donors (Lipinski definition) is 0. The van der Waals surface area contributed by atoms with E-state index in [9.17, 15) is 0 Å². The molecule has 0 unspecified atom stereocenters. The van der Waals surface area contributed by atoms with Crippen LogP contribution in [0.4, 0.5) is 0 Å². The zero-order chi connectivity index (χ0) is 19.9. The molecule has 0 saturated carbocycles.